The molecule has 2 heteroatoms. The number of benzene rings is 2. The summed E-state index contributed by atoms with van der Waals surface area (Å²) in [6, 6.07) is 13.5. The highest BCUT2D eigenvalue weighted by Gasteiger charge is 2.50. The minimum Gasteiger partial charge on any atom is -0.205 e. The number of hydrogen-bond donors (Lipinski definition) is 0. The van der Waals surface area contributed by atoms with Gasteiger partial charge in [0.15, 0.2) is 0 Å². The molecule has 1 saturated carbocycles. The Hall–Kier alpha value is -1.96. The van der Waals surface area contributed by atoms with Gasteiger partial charge >= 0.3 is 0 Å². The van der Waals surface area contributed by atoms with Gasteiger partial charge in [-0.2, -0.15) is 0 Å². The van der Waals surface area contributed by atoms with E-state index in [0.717, 1.165) is 24.0 Å². The predicted molar refractivity (Wildman–Crippen MR) is 99.1 cm³/mol. The molecule has 2 aliphatic carbocycles. The second-order valence-corrected chi connectivity index (χ2v) is 8.29. The van der Waals surface area contributed by atoms with Crippen molar-refractivity contribution in [2.24, 2.45) is 0 Å². The second kappa shape index (κ2) is 5.52. The lowest BCUT2D eigenvalue weighted by atomic mass is 9.66. The van der Waals surface area contributed by atoms with Crippen molar-refractivity contribution < 1.29 is 8.78 Å². The SMILES string of the molecule is C=C(c1ccccc1)c1cc2c(cc1C(F)F)C(C)(C)CCC21CC1. The monoisotopic (exact) mass is 338 g/mol. The van der Waals surface area contributed by atoms with Gasteiger partial charge in [0.25, 0.3) is 6.43 Å². The first-order valence-electron chi connectivity index (χ1n) is 9.06. The van der Waals surface area contributed by atoms with Crippen LogP contribution < -0.4 is 0 Å². The Kier molecular flexibility index (Phi) is 3.64. The van der Waals surface area contributed by atoms with Gasteiger partial charge in [-0.15, -0.1) is 0 Å². The van der Waals surface area contributed by atoms with Crippen LogP contribution in [0.15, 0.2) is 49.0 Å². The first-order chi connectivity index (χ1) is 11.8. The molecule has 0 radical (unpaired) electrons. The van der Waals surface area contributed by atoms with Crippen LogP contribution >= 0.6 is 0 Å². The fraction of sp³-hybridized carbons (Fsp3) is 0.391. The fourth-order valence-electron chi connectivity index (χ4n) is 4.34. The third-order valence-corrected chi connectivity index (χ3v) is 6.25. The summed E-state index contributed by atoms with van der Waals surface area (Å²) in [7, 11) is 0. The van der Waals surface area contributed by atoms with Crippen molar-refractivity contribution in [1.82, 2.24) is 0 Å². The minimum absolute atomic E-state index is 0.0422. The van der Waals surface area contributed by atoms with Crippen molar-refractivity contribution in [2.45, 2.75) is 56.8 Å². The Morgan fingerprint density at radius 3 is 2.20 bits per heavy atom. The van der Waals surface area contributed by atoms with Gasteiger partial charge in [0.1, 0.15) is 0 Å². The molecule has 0 saturated heterocycles. The summed E-state index contributed by atoms with van der Waals surface area (Å²) in [5.74, 6) is 0. The van der Waals surface area contributed by atoms with E-state index < -0.39 is 6.43 Å². The highest BCUT2D eigenvalue weighted by atomic mass is 19.3. The lowest BCUT2D eigenvalue weighted by Gasteiger charge is -2.38. The molecule has 0 amide bonds. The molecule has 0 bridgehead atoms. The number of hydrogen-bond acceptors (Lipinski definition) is 0. The van der Waals surface area contributed by atoms with E-state index in [2.05, 4.69) is 20.4 Å². The molecule has 0 aromatic heterocycles. The maximum absolute atomic E-state index is 13.9. The molecule has 0 N–H and O–H groups in total. The number of fused-ring (bicyclic) bond motifs is 2. The summed E-state index contributed by atoms with van der Waals surface area (Å²) < 4.78 is 27.8. The van der Waals surface area contributed by atoms with Crippen LogP contribution in [-0.2, 0) is 10.8 Å². The number of halogens is 2. The first kappa shape index (κ1) is 16.5. The van der Waals surface area contributed by atoms with E-state index in [9.17, 15) is 8.78 Å². The van der Waals surface area contributed by atoms with Crippen LogP contribution in [0.2, 0.25) is 0 Å². The third kappa shape index (κ3) is 2.63. The molecule has 130 valence electrons. The molecule has 0 atom stereocenters. The summed E-state index contributed by atoms with van der Waals surface area (Å²) in [6.45, 7) is 8.52. The highest BCUT2D eigenvalue weighted by Crippen LogP contribution is 2.60. The lowest BCUT2D eigenvalue weighted by molar-refractivity contribution is 0.150. The third-order valence-electron chi connectivity index (χ3n) is 6.25. The zero-order valence-corrected chi connectivity index (χ0v) is 14.9. The normalized spacial score (nSPS) is 19.7. The molecule has 2 aromatic rings. The van der Waals surface area contributed by atoms with Crippen molar-refractivity contribution in [1.29, 1.82) is 0 Å². The summed E-state index contributed by atoms with van der Waals surface area (Å²) in [6.07, 6.45) is 2.11. The van der Waals surface area contributed by atoms with E-state index in [0.29, 0.717) is 11.1 Å². The Bertz CT molecular complexity index is 827. The largest absolute Gasteiger partial charge is 0.264 e. The molecule has 1 spiro atoms. The smallest absolute Gasteiger partial charge is 0.205 e. The maximum atomic E-state index is 13.9. The predicted octanol–water partition coefficient (Wildman–Crippen LogP) is 6.79. The standard InChI is InChI=1S/C23H24F2/c1-15(16-7-5-4-6-8-16)17-13-20-19(14-18(17)21(24)25)22(2,3)9-10-23(20)11-12-23/h4-8,13-14,21H,1,9-12H2,2-3H3. The van der Waals surface area contributed by atoms with E-state index in [-0.39, 0.29) is 16.4 Å². The van der Waals surface area contributed by atoms with E-state index in [4.69, 9.17) is 0 Å². The average Bonchev–Trinajstić information content (AvgIpc) is 3.39. The van der Waals surface area contributed by atoms with Crippen LogP contribution in [0.4, 0.5) is 8.78 Å². The van der Waals surface area contributed by atoms with Gasteiger partial charge in [-0.05, 0) is 76.5 Å². The molecule has 0 aliphatic heterocycles. The average molecular weight is 338 g/mol. The number of alkyl halides is 2. The zero-order chi connectivity index (χ0) is 17.8. The lowest BCUT2D eigenvalue weighted by Crippen LogP contribution is -2.30. The molecular weight excluding hydrogens is 314 g/mol. The van der Waals surface area contributed by atoms with E-state index in [1.54, 1.807) is 6.07 Å². The van der Waals surface area contributed by atoms with Crippen LogP contribution in [0.1, 0.15) is 73.8 Å². The van der Waals surface area contributed by atoms with E-state index in [1.165, 1.54) is 18.4 Å². The molecule has 25 heavy (non-hydrogen) atoms. The van der Waals surface area contributed by atoms with E-state index in [1.807, 2.05) is 36.4 Å². The molecule has 1 fully saturated rings. The molecule has 4 rings (SSSR count). The molecule has 0 heterocycles. The van der Waals surface area contributed by atoms with Gasteiger partial charge < -0.3 is 0 Å². The fourth-order valence-corrected chi connectivity index (χ4v) is 4.34. The molecule has 0 nitrogen and oxygen atoms in total. The summed E-state index contributed by atoms with van der Waals surface area (Å²) in [5, 5.41) is 0. The number of rotatable bonds is 3. The maximum Gasteiger partial charge on any atom is 0.264 e. The Morgan fingerprint density at radius 2 is 1.60 bits per heavy atom. The first-order valence-corrected chi connectivity index (χ1v) is 9.06. The molecular formula is C23H24F2. The topological polar surface area (TPSA) is 0 Å². The van der Waals surface area contributed by atoms with Crippen LogP contribution in [0.5, 0.6) is 0 Å². The van der Waals surface area contributed by atoms with Crippen LogP contribution in [0, 0.1) is 0 Å². The Morgan fingerprint density at radius 1 is 0.960 bits per heavy atom. The van der Waals surface area contributed by atoms with Crippen LogP contribution in [0.25, 0.3) is 5.57 Å². The minimum atomic E-state index is -2.49. The summed E-state index contributed by atoms with van der Waals surface area (Å²) in [5.41, 5.74) is 4.94. The summed E-state index contributed by atoms with van der Waals surface area (Å²) >= 11 is 0. The van der Waals surface area contributed by atoms with E-state index >= 15 is 0 Å². The van der Waals surface area contributed by atoms with Gasteiger partial charge in [0.2, 0.25) is 0 Å². The Labute approximate surface area is 148 Å². The highest BCUT2D eigenvalue weighted by molar-refractivity contribution is 5.81. The quantitative estimate of drug-likeness (QED) is 0.578. The zero-order valence-electron chi connectivity index (χ0n) is 14.9. The van der Waals surface area contributed by atoms with Gasteiger partial charge in [-0.1, -0.05) is 50.8 Å². The van der Waals surface area contributed by atoms with Crippen molar-refractivity contribution in [3.8, 4) is 0 Å². The van der Waals surface area contributed by atoms with Gasteiger partial charge in [-0.25, -0.2) is 8.78 Å². The summed E-state index contributed by atoms with van der Waals surface area (Å²) in [4.78, 5) is 0. The molecule has 0 unspecified atom stereocenters. The molecule has 2 aliphatic rings. The van der Waals surface area contributed by atoms with Crippen molar-refractivity contribution in [2.75, 3.05) is 0 Å². The van der Waals surface area contributed by atoms with Gasteiger partial charge in [0, 0.05) is 5.56 Å². The van der Waals surface area contributed by atoms with Gasteiger partial charge in [0.05, 0.1) is 0 Å². The van der Waals surface area contributed by atoms with Crippen molar-refractivity contribution >= 4 is 5.57 Å². The Balaban J connectivity index is 1.92. The van der Waals surface area contributed by atoms with Crippen molar-refractivity contribution in [3.63, 3.8) is 0 Å². The molecule has 2 aromatic carbocycles. The van der Waals surface area contributed by atoms with Crippen LogP contribution in [0.3, 0.4) is 0 Å². The van der Waals surface area contributed by atoms with Crippen LogP contribution in [-0.4, -0.2) is 0 Å². The van der Waals surface area contributed by atoms with Crippen molar-refractivity contribution in [3.05, 3.63) is 76.9 Å². The van der Waals surface area contributed by atoms with Gasteiger partial charge in [-0.3, -0.25) is 0 Å². The second-order valence-electron chi connectivity index (χ2n) is 8.29.